The molecule has 1 aromatic carbocycles. The standard InChI is InChI=1S/C16H26N2O/c1-3-8-15(13-17)16(19)18(4-2)12-11-14-9-6-5-7-10-14/h5-7,9-10,15H,3-4,8,11-13,17H2,1-2H3. The van der Waals surface area contributed by atoms with Crippen molar-refractivity contribution in [2.75, 3.05) is 19.6 Å². The van der Waals surface area contributed by atoms with E-state index in [1.165, 1.54) is 5.56 Å². The van der Waals surface area contributed by atoms with Crippen LogP contribution in [-0.4, -0.2) is 30.4 Å². The van der Waals surface area contributed by atoms with E-state index in [-0.39, 0.29) is 11.8 Å². The fourth-order valence-corrected chi connectivity index (χ4v) is 2.28. The molecule has 0 bridgehead atoms. The Morgan fingerprint density at radius 2 is 1.95 bits per heavy atom. The van der Waals surface area contributed by atoms with Gasteiger partial charge in [0.2, 0.25) is 5.91 Å². The van der Waals surface area contributed by atoms with E-state index in [0.29, 0.717) is 6.54 Å². The lowest BCUT2D eigenvalue weighted by atomic mass is 10.0. The Hall–Kier alpha value is -1.35. The van der Waals surface area contributed by atoms with Gasteiger partial charge < -0.3 is 10.6 Å². The molecule has 0 saturated heterocycles. The smallest absolute Gasteiger partial charge is 0.226 e. The summed E-state index contributed by atoms with van der Waals surface area (Å²) in [5, 5.41) is 0. The Balaban J connectivity index is 2.54. The molecule has 1 atom stereocenters. The Labute approximate surface area is 116 Å². The summed E-state index contributed by atoms with van der Waals surface area (Å²) in [6.07, 6.45) is 2.80. The van der Waals surface area contributed by atoms with E-state index in [2.05, 4.69) is 19.1 Å². The minimum absolute atomic E-state index is 0.0132. The summed E-state index contributed by atoms with van der Waals surface area (Å²) in [6, 6.07) is 10.3. The first-order valence-electron chi connectivity index (χ1n) is 7.25. The van der Waals surface area contributed by atoms with Crippen molar-refractivity contribution in [1.82, 2.24) is 4.90 Å². The number of hydrogen-bond acceptors (Lipinski definition) is 2. The van der Waals surface area contributed by atoms with Crippen molar-refractivity contribution in [3.8, 4) is 0 Å². The molecular formula is C16H26N2O. The minimum atomic E-state index is -0.0132. The summed E-state index contributed by atoms with van der Waals surface area (Å²) >= 11 is 0. The van der Waals surface area contributed by atoms with E-state index < -0.39 is 0 Å². The van der Waals surface area contributed by atoms with Gasteiger partial charge in [-0.3, -0.25) is 4.79 Å². The number of carbonyl (C=O) groups is 1. The third kappa shape index (κ3) is 5.03. The van der Waals surface area contributed by atoms with Gasteiger partial charge in [0.05, 0.1) is 5.92 Å². The number of nitrogens with two attached hydrogens (primary N) is 1. The van der Waals surface area contributed by atoms with E-state index in [4.69, 9.17) is 5.73 Å². The van der Waals surface area contributed by atoms with Gasteiger partial charge in [0.15, 0.2) is 0 Å². The molecule has 0 spiro atoms. The lowest BCUT2D eigenvalue weighted by Crippen LogP contribution is -2.40. The molecule has 3 nitrogen and oxygen atoms in total. The number of benzene rings is 1. The first-order valence-corrected chi connectivity index (χ1v) is 7.25. The van der Waals surface area contributed by atoms with Crippen molar-refractivity contribution in [2.45, 2.75) is 33.1 Å². The maximum Gasteiger partial charge on any atom is 0.226 e. The highest BCUT2D eigenvalue weighted by Gasteiger charge is 2.21. The maximum absolute atomic E-state index is 12.4. The van der Waals surface area contributed by atoms with Crippen molar-refractivity contribution in [2.24, 2.45) is 11.7 Å². The number of likely N-dealkylation sites (N-methyl/N-ethyl adjacent to an activating group) is 1. The van der Waals surface area contributed by atoms with Crippen LogP contribution in [-0.2, 0) is 11.2 Å². The number of carbonyl (C=O) groups excluding carboxylic acids is 1. The van der Waals surface area contributed by atoms with Crippen molar-refractivity contribution in [3.63, 3.8) is 0 Å². The van der Waals surface area contributed by atoms with Gasteiger partial charge >= 0.3 is 0 Å². The molecule has 1 rings (SSSR count). The molecule has 0 aliphatic carbocycles. The Kier molecular flexibility index (Phi) is 7.19. The van der Waals surface area contributed by atoms with Crippen LogP contribution in [0.15, 0.2) is 30.3 Å². The molecule has 0 fully saturated rings. The van der Waals surface area contributed by atoms with Gasteiger partial charge in [-0.05, 0) is 25.3 Å². The summed E-state index contributed by atoms with van der Waals surface area (Å²) in [7, 11) is 0. The molecule has 2 N–H and O–H groups in total. The first kappa shape index (κ1) is 15.7. The zero-order chi connectivity index (χ0) is 14.1. The monoisotopic (exact) mass is 262 g/mol. The van der Waals surface area contributed by atoms with Crippen molar-refractivity contribution >= 4 is 5.91 Å². The third-order valence-corrected chi connectivity index (χ3v) is 3.48. The fourth-order valence-electron chi connectivity index (χ4n) is 2.28. The van der Waals surface area contributed by atoms with Gasteiger partial charge in [-0.1, -0.05) is 43.7 Å². The summed E-state index contributed by atoms with van der Waals surface area (Å²) < 4.78 is 0. The zero-order valence-electron chi connectivity index (χ0n) is 12.1. The summed E-state index contributed by atoms with van der Waals surface area (Å²) in [4.78, 5) is 14.3. The SMILES string of the molecule is CCCC(CN)C(=O)N(CC)CCc1ccccc1. The zero-order valence-corrected chi connectivity index (χ0v) is 12.1. The Bertz CT molecular complexity index is 364. The van der Waals surface area contributed by atoms with E-state index in [0.717, 1.165) is 32.4 Å². The average molecular weight is 262 g/mol. The van der Waals surface area contributed by atoms with Gasteiger partial charge in [-0.25, -0.2) is 0 Å². The van der Waals surface area contributed by atoms with Crippen LogP contribution in [0, 0.1) is 5.92 Å². The fraction of sp³-hybridized carbons (Fsp3) is 0.562. The summed E-state index contributed by atoms with van der Waals surface area (Å²) in [5.74, 6) is 0.198. The van der Waals surface area contributed by atoms with E-state index in [1.807, 2.05) is 30.0 Å². The first-order chi connectivity index (χ1) is 9.22. The molecule has 0 aromatic heterocycles. The van der Waals surface area contributed by atoms with Gasteiger partial charge in [0, 0.05) is 19.6 Å². The van der Waals surface area contributed by atoms with Gasteiger partial charge in [0.25, 0.3) is 0 Å². The maximum atomic E-state index is 12.4. The molecule has 1 amide bonds. The van der Waals surface area contributed by atoms with Crippen LogP contribution in [0.3, 0.4) is 0 Å². The van der Waals surface area contributed by atoms with Crippen LogP contribution in [0.2, 0.25) is 0 Å². The molecular weight excluding hydrogens is 236 g/mol. The summed E-state index contributed by atoms with van der Waals surface area (Å²) in [6.45, 7) is 6.11. The molecule has 1 unspecified atom stereocenters. The number of amides is 1. The van der Waals surface area contributed by atoms with Crippen molar-refractivity contribution < 1.29 is 4.79 Å². The molecule has 0 aliphatic heterocycles. The second kappa shape index (κ2) is 8.70. The highest BCUT2D eigenvalue weighted by Crippen LogP contribution is 2.10. The van der Waals surface area contributed by atoms with E-state index in [9.17, 15) is 4.79 Å². The quantitative estimate of drug-likeness (QED) is 0.782. The minimum Gasteiger partial charge on any atom is -0.342 e. The lowest BCUT2D eigenvalue weighted by Gasteiger charge is -2.25. The third-order valence-electron chi connectivity index (χ3n) is 3.48. The van der Waals surface area contributed by atoms with Crippen LogP contribution in [0.4, 0.5) is 0 Å². The van der Waals surface area contributed by atoms with Gasteiger partial charge in [-0.15, -0.1) is 0 Å². The van der Waals surface area contributed by atoms with Crippen LogP contribution in [0.1, 0.15) is 32.3 Å². The van der Waals surface area contributed by atoms with Gasteiger partial charge in [-0.2, -0.15) is 0 Å². The van der Waals surface area contributed by atoms with Crippen molar-refractivity contribution in [3.05, 3.63) is 35.9 Å². The Morgan fingerprint density at radius 1 is 1.26 bits per heavy atom. The van der Waals surface area contributed by atoms with E-state index >= 15 is 0 Å². The normalized spacial score (nSPS) is 12.2. The average Bonchev–Trinajstić information content (AvgIpc) is 2.46. The highest BCUT2D eigenvalue weighted by atomic mass is 16.2. The summed E-state index contributed by atoms with van der Waals surface area (Å²) in [5.41, 5.74) is 6.98. The molecule has 0 saturated carbocycles. The molecule has 0 radical (unpaired) electrons. The highest BCUT2D eigenvalue weighted by molar-refractivity contribution is 5.79. The van der Waals surface area contributed by atoms with Crippen LogP contribution < -0.4 is 5.73 Å². The number of hydrogen-bond donors (Lipinski definition) is 1. The van der Waals surface area contributed by atoms with E-state index in [1.54, 1.807) is 0 Å². The molecule has 19 heavy (non-hydrogen) atoms. The molecule has 3 heteroatoms. The van der Waals surface area contributed by atoms with Gasteiger partial charge in [0.1, 0.15) is 0 Å². The number of nitrogens with zero attached hydrogens (tertiary/aromatic N) is 1. The largest absolute Gasteiger partial charge is 0.342 e. The number of rotatable bonds is 8. The molecule has 1 aromatic rings. The van der Waals surface area contributed by atoms with Crippen LogP contribution in [0.5, 0.6) is 0 Å². The predicted octanol–water partition coefficient (Wildman–Crippen LogP) is 2.45. The Morgan fingerprint density at radius 3 is 2.47 bits per heavy atom. The lowest BCUT2D eigenvalue weighted by molar-refractivity contribution is -0.135. The topological polar surface area (TPSA) is 46.3 Å². The van der Waals surface area contributed by atoms with Crippen LogP contribution in [0.25, 0.3) is 0 Å². The molecule has 0 aliphatic rings. The van der Waals surface area contributed by atoms with Crippen molar-refractivity contribution in [1.29, 1.82) is 0 Å². The second-order valence-corrected chi connectivity index (χ2v) is 4.87. The molecule has 106 valence electrons. The second-order valence-electron chi connectivity index (χ2n) is 4.87. The molecule has 0 heterocycles. The predicted molar refractivity (Wildman–Crippen MR) is 79.9 cm³/mol. The van der Waals surface area contributed by atoms with Crippen LogP contribution >= 0.6 is 0 Å².